The molecule has 3 heteroatoms. The number of carboxylic acid groups (broad SMARTS) is 1. The van der Waals surface area contributed by atoms with E-state index in [0.717, 1.165) is 12.5 Å². The standard InChI is InChI=1S/C7H12O2S/c1-3-6(2)10-5-4-7(8)9/h4-6H,3H2,1-2H3,(H,8,9). The molecule has 0 fully saturated rings. The number of carbonyl (C=O) groups is 1. The highest BCUT2D eigenvalue weighted by atomic mass is 32.2. The van der Waals surface area contributed by atoms with Crippen LogP contribution >= 0.6 is 11.8 Å². The summed E-state index contributed by atoms with van der Waals surface area (Å²) in [7, 11) is 0. The van der Waals surface area contributed by atoms with Crippen LogP contribution in [0.25, 0.3) is 0 Å². The highest BCUT2D eigenvalue weighted by molar-refractivity contribution is 8.02. The van der Waals surface area contributed by atoms with Crippen molar-refractivity contribution in [2.24, 2.45) is 0 Å². The zero-order valence-electron chi connectivity index (χ0n) is 6.20. The van der Waals surface area contributed by atoms with Gasteiger partial charge >= 0.3 is 5.97 Å². The minimum absolute atomic E-state index is 0.510. The third-order valence-corrected chi connectivity index (χ3v) is 2.19. The van der Waals surface area contributed by atoms with Crippen LogP contribution in [0.2, 0.25) is 0 Å². The van der Waals surface area contributed by atoms with Crippen molar-refractivity contribution in [1.82, 2.24) is 0 Å². The van der Waals surface area contributed by atoms with Crippen molar-refractivity contribution < 1.29 is 9.90 Å². The second kappa shape index (κ2) is 5.35. The summed E-state index contributed by atoms with van der Waals surface area (Å²) < 4.78 is 0. The third kappa shape index (κ3) is 5.69. The Hall–Kier alpha value is -0.440. The van der Waals surface area contributed by atoms with E-state index in [1.807, 2.05) is 0 Å². The Morgan fingerprint density at radius 2 is 2.40 bits per heavy atom. The van der Waals surface area contributed by atoms with Gasteiger partial charge in [0.05, 0.1) is 0 Å². The van der Waals surface area contributed by atoms with E-state index in [-0.39, 0.29) is 0 Å². The lowest BCUT2D eigenvalue weighted by molar-refractivity contribution is -0.131. The maximum absolute atomic E-state index is 9.97. The molecule has 0 saturated heterocycles. The summed E-state index contributed by atoms with van der Waals surface area (Å²) in [4.78, 5) is 9.97. The minimum atomic E-state index is -0.879. The number of aliphatic carboxylic acids is 1. The fourth-order valence-corrected chi connectivity index (χ4v) is 0.984. The lowest BCUT2D eigenvalue weighted by Crippen LogP contribution is -1.90. The van der Waals surface area contributed by atoms with Crippen LogP contribution in [0.5, 0.6) is 0 Å². The molecule has 0 saturated carbocycles. The average molecular weight is 160 g/mol. The Balaban J connectivity index is 3.43. The predicted molar refractivity (Wildman–Crippen MR) is 44.1 cm³/mol. The van der Waals surface area contributed by atoms with Crippen LogP contribution in [0.1, 0.15) is 20.3 Å². The predicted octanol–water partition coefficient (Wildman–Crippen LogP) is 2.12. The molecule has 0 rings (SSSR count). The molecule has 0 heterocycles. The Morgan fingerprint density at radius 1 is 1.80 bits per heavy atom. The molecule has 1 N–H and O–H groups in total. The first-order chi connectivity index (χ1) is 4.66. The van der Waals surface area contributed by atoms with Gasteiger partial charge in [-0.25, -0.2) is 4.79 Å². The summed E-state index contributed by atoms with van der Waals surface area (Å²) in [5, 5.41) is 10.3. The zero-order chi connectivity index (χ0) is 7.98. The Morgan fingerprint density at radius 3 is 2.80 bits per heavy atom. The quantitative estimate of drug-likeness (QED) is 0.640. The maximum atomic E-state index is 9.97. The Kier molecular flexibility index (Phi) is 5.12. The van der Waals surface area contributed by atoms with Crippen LogP contribution in [0.15, 0.2) is 11.5 Å². The number of hydrogen-bond donors (Lipinski definition) is 1. The smallest absolute Gasteiger partial charge is 0.328 e. The van der Waals surface area contributed by atoms with E-state index in [4.69, 9.17) is 5.11 Å². The molecule has 0 radical (unpaired) electrons. The number of thioether (sulfide) groups is 1. The van der Waals surface area contributed by atoms with Gasteiger partial charge in [-0.05, 0) is 11.8 Å². The second-order valence-electron chi connectivity index (χ2n) is 2.00. The lowest BCUT2D eigenvalue weighted by atomic mass is 10.4. The SMILES string of the molecule is CCC(C)SC=CC(=O)O. The van der Waals surface area contributed by atoms with Crippen LogP contribution < -0.4 is 0 Å². The van der Waals surface area contributed by atoms with Crippen molar-refractivity contribution in [2.75, 3.05) is 0 Å². The fourth-order valence-electron chi connectivity index (χ4n) is 0.328. The van der Waals surface area contributed by atoms with E-state index in [0.29, 0.717) is 5.25 Å². The molecule has 0 amide bonds. The van der Waals surface area contributed by atoms with Gasteiger partial charge < -0.3 is 5.11 Å². The van der Waals surface area contributed by atoms with Crippen LogP contribution in [-0.2, 0) is 4.79 Å². The van der Waals surface area contributed by atoms with E-state index < -0.39 is 5.97 Å². The normalized spacial score (nSPS) is 13.8. The van der Waals surface area contributed by atoms with E-state index in [1.165, 1.54) is 0 Å². The van der Waals surface area contributed by atoms with E-state index >= 15 is 0 Å². The first kappa shape index (κ1) is 9.56. The molecule has 0 aromatic rings. The minimum Gasteiger partial charge on any atom is -0.478 e. The van der Waals surface area contributed by atoms with Gasteiger partial charge in [0.1, 0.15) is 0 Å². The summed E-state index contributed by atoms with van der Waals surface area (Å²) in [6.45, 7) is 4.14. The van der Waals surface area contributed by atoms with Gasteiger partial charge in [0, 0.05) is 11.3 Å². The number of hydrogen-bond acceptors (Lipinski definition) is 2. The molecule has 0 aromatic heterocycles. The summed E-state index contributed by atoms with van der Waals surface area (Å²) in [6, 6.07) is 0. The summed E-state index contributed by atoms with van der Waals surface area (Å²) in [5.41, 5.74) is 0. The molecule has 2 nitrogen and oxygen atoms in total. The summed E-state index contributed by atoms with van der Waals surface area (Å²) in [5.74, 6) is -0.879. The Labute approximate surface area is 65.3 Å². The molecule has 0 aliphatic carbocycles. The Bertz CT molecular complexity index is 132. The molecular formula is C7H12O2S. The first-order valence-electron chi connectivity index (χ1n) is 3.21. The molecule has 0 aliphatic heterocycles. The molecular weight excluding hydrogens is 148 g/mol. The van der Waals surface area contributed by atoms with Crippen molar-refractivity contribution in [3.05, 3.63) is 11.5 Å². The third-order valence-electron chi connectivity index (χ3n) is 1.10. The highest BCUT2D eigenvalue weighted by Crippen LogP contribution is 2.13. The monoisotopic (exact) mass is 160 g/mol. The first-order valence-corrected chi connectivity index (χ1v) is 4.16. The number of carboxylic acids is 1. The zero-order valence-corrected chi connectivity index (χ0v) is 7.02. The second-order valence-corrected chi connectivity index (χ2v) is 3.35. The van der Waals surface area contributed by atoms with Gasteiger partial charge in [0.2, 0.25) is 0 Å². The molecule has 0 bridgehead atoms. The molecule has 1 unspecified atom stereocenters. The van der Waals surface area contributed by atoms with Crippen molar-refractivity contribution in [3.63, 3.8) is 0 Å². The molecule has 0 aromatic carbocycles. The summed E-state index contributed by atoms with van der Waals surface area (Å²) in [6.07, 6.45) is 2.23. The van der Waals surface area contributed by atoms with Crippen molar-refractivity contribution in [3.8, 4) is 0 Å². The van der Waals surface area contributed by atoms with Crippen LogP contribution in [0, 0.1) is 0 Å². The van der Waals surface area contributed by atoms with Gasteiger partial charge in [-0.15, -0.1) is 11.8 Å². The number of rotatable bonds is 4. The van der Waals surface area contributed by atoms with Crippen molar-refractivity contribution in [2.45, 2.75) is 25.5 Å². The van der Waals surface area contributed by atoms with Crippen LogP contribution in [0.4, 0.5) is 0 Å². The highest BCUT2D eigenvalue weighted by Gasteiger charge is 1.94. The van der Waals surface area contributed by atoms with Crippen LogP contribution in [-0.4, -0.2) is 16.3 Å². The lowest BCUT2D eigenvalue weighted by Gasteiger charge is -2.00. The molecule has 10 heavy (non-hydrogen) atoms. The van der Waals surface area contributed by atoms with Gasteiger partial charge in [0.25, 0.3) is 0 Å². The van der Waals surface area contributed by atoms with Crippen molar-refractivity contribution in [1.29, 1.82) is 0 Å². The van der Waals surface area contributed by atoms with E-state index in [9.17, 15) is 4.79 Å². The fraction of sp³-hybridized carbons (Fsp3) is 0.571. The average Bonchev–Trinajstić information content (AvgIpc) is 1.87. The van der Waals surface area contributed by atoms with Crippen LogP contribution in [0.3, 0.4) is 0 Å². The van der Waals surface area contributed by atoms with E-state index in [2.05, 4.69) is 13.8 Å². The van der Waals surface area contributed by atoms with Gasteiger partial charge in [0.15, 0.2) is 0 Å². The molecule has 58 valence electrons. The summed E-state index contributed by atoms with van der Waals surface area (Å²) >= 11 is 1.54. The molecule has 0 spiro atoms. The van der Waals surface area contributed by atoms with Gasteiger partial charge in [-0.3, -0.25) is 0 Å². The van der Waals surface area contributed by atoms with Gasteiger partial charge in [-0.1, -0.05) is 13.8 Å². The maximum Gasteiger partial charge on any atom is 0.328 e. The van der Waals surface area contributed by atoms with Gasteiger partial charge in [-0.2, -0.15) is 0 Å². The largest absolute Gasteiger partial charge is 0.478 e. The topological polar surface area (TPSA) is 37.3 Å². The van der Waals surface area contributed by atoms with E-state index in [1.54, 1.807) is 17.2 Å². The molecule has 1 atom stereocenters. The molecule has 0 aliphatic rings. The van der Waals surface area contributed by atoms with Crippen molar-refractivity contribution >= 4 is 17.7 Å².